The van der Waals surface area contributed by atoms with E-state index in [1.54, 1.807) is 7.11 Å². The van der Waals surface area contributed by atoms with Gasteiger partial charge in [0.1, 0.15) is 5.75 Å². The van der Waals surface area contributed by atoms with Gasteiger partial charge in [-0.3, -0.25) is 9.59 Å². The summed E-state index contributed by atoms with van der Waals surface area (Å²) in [7, 11) is 1.62. The van der Waals surface area contributed by atoms with Crippen molar-refractivity contribution in [2.75, 3.05) is 25.6 Å². The molecule has 3 aliphatic rings. The number of benzene rings is 2. The van der Waals surface area contributed by atoms with E-state index in [1.165, 1.54) is 11.8 Å². The number of amidine groups is 1. The Balaban J connectivity index is 1.44. The van der Waals surface area contributed by atoms with Crippen molar-refractivity contribution in [3.63, 3.8) is 0 Å². The molecule has 0 bridgehead atoms. The zero-order chi connectivity index (χ0) is 25.8. The number of para-hydroxylation sites is 1. The Kier molecular flexibility index (Phi) is 7.62. The van der Waals surface area contributed by atoms with Gasteiger partial charge in [-0.15, -0.1) is 0 Å². The van der Waals surface area contributed by atoms with Gasteiger partial charge in [-0.1, -0.05) is 42.1 Å². The van der Waals surface area contributed by atoms with Crippen molar-refractivity contribution < 1.29 is 19.1 Å². The summed E-state index contributed by atoms with van der Waals surface area (Å²) in [4.78, 5) is 33.3. The fraction of sp³-hybridized carbons (Fsp3) is 0.321. The van der Waals surface area contributed by atoms with Gasteiger partial charge in [0.15, 0.2) is 5.17 Å². The van der Waals surface area contributed by atoms with E-state index in [-0.39, 0.29) is 24.3 Å². The van der Waals surface area contributed by atoms with Gasteiger partial charge >= 0.3 is 0 Å². The highest BCUT2D eigenvalue weighted by Crippen LogP contribution is 2.45. The van der Waals surface area contributed by atoms with Gasteiger partial charge in [-0.2, -0.15) is 0 Å². The third kappa shape index (κ3) is 5.57. The Morgan fingerprint density at radius 2 is 2.03 bits per heavy atom. The molecule has 1 saturated heterocycles. The van der Waals surface area contributed by atoms with Gasteiger partial charge in [0.2, 0.25) is 5.91 Å². The molecule has 3 aliphatic heterocycles. The van der Waals surface area contributed by atoms with Crippen LogP contribution in [0, 0.1) is 0 Å². The minimum atomic E-state index is -0.474. The molecule has 2 atom stereocenters. The van der Waals surface area contributed by atoms with E-state index in [0.29, 0.717) is 29.3 Å². The first-order valence-corrected chi connectivity index (χ1v) is 13.2. The number of thioether (sulfide) groups is 1. The van der Waals surface area contributed by atoms with Gasteiger partial charge in [0.05, 0.1) is 36.9 Å². The normalized spacial score (nSPS) is 20.8. The molecule has 3 heterocycles. The molecule has 0 saturated carbocycles. The zero-order valence-corrected chi connectivity index (χ0v) is 21.7. The van der Waals surface area contributed by atoms with E-state index in [1.807, 2.05) is 71.8 Å². The largest absolute Gasteiger partial charge is 0.497 e. The molecule has 8 nitrogen and oxygen atoms in total. The number of carbonyl (C=O) groups is 2. The second-order valence-corrected chi connectivity index (χ2v) is 9.94. The summed E-state index contributed by atoms with van der Waals surface area (Å²) < 4.78 is 11.1. The van der Waals surface area contributed by atoms with Crippen LogP contribution in [0.2, 0.25) is 0 Å². The van der Waals surface area contributed by atoms with Crippen LogP contribution >= 0.6 is 11.8 Å². The number of nitrogens with one attached hydrogen (secondary N) is 2. The molecule has 0 aliphatic carbocycles. The van der Waals surface area contributed by atoms with Crippen molar-refractivity contribution in [2.24, 2.45) is 4.99 Å². The Morgan fingerprint density at radius 3 is 2.78 bits per heavy atom. The third-order valence-corrected chi connectivity index (χ3v) is 7.47. The fourth-order valence-corrected chi connectivity index (χ4v) is 5.73. The lowest BCUT2D eigenvalue weighted by atomic mass is 9.93. The van der Waals surface area contributed by atoms with Crippen molar-refractivity contribution in [1.29, 1.82) is 0 Å². The van der Waals surface area contributed by atoms with Crippen LogP contribution in [0.3, 0.4) is 0 Å². The Hall–Kier alpha value is -3.56. The summed E-state index contributed by atoms with van der Waals surface area (Å²) in [6, 6.07) is 16.5. The van der Waals surface area contributed by atoms with Crippen LogP contribution in [0.4, 0.5) is 5.69 Å². The van der Waals surface area contributed by atoms with Crippen molar-refractivity contribution in [3.8, 4) is 5.75 Å². The van der Waals surface area contributed by atoms with E-state index < -0.39 is 6.04 Å². The maximum absolute atomic E-state index is 13.7. The van der Waals surface area contributed by atoms with Crippen molar-refractivity contribution in [3.05, 3.63) is 82.5 Å². The first-order chi connectivity index (χ1) is 18.0. The molecule has 2 aromatic carbocycles. The Labute approximate surface area is 220 Å². The van der Waals surface area contributed by atoms with Crippen LogP contribution in [0.5, 0.6) is 5.75 Å². The minimum Gasteiger partial charge on any atom is -0.497 e. The molecule has 2 aromatic rings. The van der Waals surface area contributed by atoms with Crippen molar-refractivity contribution in [2.45, 2.75) is 38.3 Å². The fourth-order valence-electron chi connectivity index (χ4n) is 4.77. The monoisotopic (exact) mass is 518 g/mol. The molecule has 192 valence electrons. The van der Waals surface area contributed by atoms with Crippen LogP contribution in [0.15, 0.2) is 82.0 Å². The second kappa shape index (κ2) is 11.2. The number of nitrogens with zero attached hydrogens (tertiary/aromatic N) is 2. The molecular weight excluding hydrogens is 488 g/mol. The summed E-state index contributed by atoms with van der Waals surface area (Å²) in [6.07, 6.45) is 2.24. The predicted octanol–water partition coefficient (Wildman–Crippen LogP) is 4.59. The number of ether oxygens (including phenoxy) is 2. The topological polar surface area (TPSA) is 92.3 Å². The molecule has 0 radical (unpaired) electrons. The highest BCUT2D eigenvalue weighted by Gasteiger charge is 2.40. The van der Waals surface area contributed by atoms with Crippen molar-refractivity contribution >= 4 is 34.4 Å². The van der Waals surface area contributed by atoms with E-state index in [2.05, 4.69) is 10.6 Å². The highest BCUT2D eigenvalue weighted by molar-refractivity contribution is 8.16. The number of carbonyl (C=O) groups excluding carboxylic acids is 2. The summed E-state index contributed by atoms with van der Waals surface area (Å²) in [5.41, 5.74) is 3.52. The van der Waals surface area contributed by atoms with Gasteiger partial charge < -0.3 is 25.0 Å². The molecule has 9 heteroatoms. The van der Waals surface area contributed by atoms with Gasteiger partial charge in [-0.05, 0) is 55.0 Å². The quantitative estimate of drug-likeness (QED) is 0.531. The molecule has 0 unspecified atom stereocenters. The summed E-state index contributed by atoms with van der Waals surface area (Å²) in [6.45, 7) is 3.10. The first kappa shape index (κ1) is 25.1. The number of anilines is 1. The predicted molar refractivity (Wildman–Crippen MR) is 145 cm³/mol. The lowest BCUT2D eigenvalue weighted by molar-refractivity contribution is -0.121. The van der Waals surface area contributed by atoms with Gasteiger partial charge in [0, 0.05) is 24.5 Å². The summed E-state index contributed by atoms with van der Waals surface area (Å²) >= 11 is 1.46. The average Bonchev–Trinajstić information content (AvgIpc) is 3.57. The molecular formula is C28H30N4O4S. The molecule has 5 rings (SSSR count). The number of fused-ring (bicyclic) bond motifs is 1. The number of aliphatic imine (C=N–C) groups is 1. The minimum absolute atomic E-state index is 0.0754. The van der Waals surface area contributed by atoms with E-state index in [9.17, 15) is 9.59 Å². The number of hydrogen-bond donors (Lipinski definition) is 2. The number of rotatable bonds is 8. The van der Waals surface area contributed by atoms with Crippen LogP contribution in [0.25, 0.3) is 0 Å². The smallest absolute Gasteiger partial charge is 0.255 e. The average molecular weight is 519 g/mol. The molecule has 0 spiro atoms. The number of hydrogen-bond acceptors (Lipinski definition) is 7. The van der Waals surface area contributed by atoms with Crippen LogP contribution < -0.4 is 15.4 Å². The highest BCUT2D eigenvalue weighted by atomic mass is 32.2. The van der Waals surface area contributed by atoms with Crippen LogP contribution in [0.1, 0.15) is 37.8 Å². The van der Waals surface area contributed by atoms with Crippen LogP contribution in [-0.4, -0.2) is 48.2 Å². The lowest BCUT2D eigenvalue weighted by Crippen LogP contribution is -2.39. The number of methoxy groups -OCH3 is 1. The molecule has 2 N–H and O–H groups in total. The summed E-state index contributed by atoms with van der Waals surface area (Å²) in [5.74, 6) is 0.363. The van der Waals surface area contributed by atoms with E-state index >= 15 is 0 Å². The molecule has 0 aromatic heterocycles. The van der Waals surface area contributed by atoms with Gasteiger partial charge in [0.25, 0.3) is 5.91 Å². The maximum Gasteiger partial charge on any atom is 0.255 e. The SMILES string of the molecule is COc1cccc([C@@H]2C(C(=O)Nc3ccccc3)=C(C)N=C3SC=C(CC(=O)NC[C@H]4CCCO4)N32)c1. The number of amides is 2. The second-order valence-electron chi connectivity index (χ2n) is 9.11. The molecule has 2 amide bonds. The van der Waals surface area contributed by atoms with E-state index in [0.717, 1.165) is 35.9 Å². The molecule has 1 fully saturated rings. The third-order valence-electron chi connectivity index (χ3n) is 6.58. The Bertz CT molecular complexity index is 1270. The summed E-state index contributed by atoms with van der Waals surface area (Å²) in [5, 5.41) is 8.70. The molecule has 37 heavy (non-hydrogen) atoms. The number of allylic oxidation sites excluding steroid dienone is 1. The van der Waals surface area contributed by atoms with Gasteiger partial charge in [-0.25, -0.2) is 4.99 Å². The van der Waals surface area contributed by atoms with E-state index in [4.69, 9.17) is 14.5 Å². The van der Waals surface area contributed by atoms with Crippen LogP contribution in [-0.2, 0) is 14.3 Å². The lowest BCUT2D eigenvalue weighted by Gasteiger charge is -2.36. The first-order valence-electron chi connectivity index (χ1n) is 12.4. The van der Waals surface area contributed by atoms with Crippen molar-refractivity contribution in [1.82, 2.24) is 10.2 Å². The standard InChI is InChI=1S/C28H30N4O4S/c1-18-25(27(34)31-20-9-4-3-5-10-20)26(19-8-6-11-22(14-19)35-2)32-21(17-37-28(32)30-18)15-24(33)29-16-23-12-7-13-36-23/h3-6,8-11,14,17,23,26H,7,12-13,15-16H2,1-2H3,(H,29,33)(H,31,34)/t23-,26-/m1/s1. The Morgan fingerprint density at radius 1 is 1.19 bits per heavy atom. The zero-order valence-electron chi connectivity index (χ0n) is 20.9. The maximum atomic E-state index is 13.7.